The molecule has 24 atom stereocenters. The molecule has 0 radical (unpaired) electrons. The molecule has 2 N–H and O–H groups in total. The number of hydrogen-bond acceptors (Lipinski definition) is 32. The Labute approximate surface area is 859 Å². The van der Waals surface area contributed by atoms with Gasteiger partial charge in [0.05, 0.1) is 13.2 Å². The number of hydrogen-bond donors (Lipinski definition) is 2. The lowest BCUT2D eigenvalue weighted by atomic mass is 9.81. The maximum atomic E-state index is 12.8. The first-order chi connectivity index (χ1) is 71.0. The van der Waals surface area contributed by atoms with Crippen LogP contribution in [0.3, 0.4) is 0 Å². The molecule has 0 spiro atoms. The summed E-state index contributed by atoms with van der Waals surface area (Å²) >= 11 is 0. The Kier molecular flexibility index (Phi) is 35.8. The molecule has 2 heterocycles. The van der Waals surface area contributed by atoms with E-state index in [1.165, 1.54) is 13.8 Å². The summed E-state index contributed by atoms with van der Waals surface area (Å²) < 4.78 is 82.6. The molecule has 148 heavy (non-hydrogen) atoms. The van der Waals surface area contributed by atoms with Gasteiger partial charge in [-0.25, -0.2) is 67.1 Å². The molecule has 784 valence electrons. The number of carbonyl (C=O) groups excluding carboxylic acids is 14. The molecule has 0 aromatic heterocycles. The molecular weight excluding hydrogens is 1910 g/mol. The molecule has 2 saturated heterocycles. The first kappa shape index (κ1) is 108. The number of aliphatic hydroxyl groups is 2. The number of allylic oxidation sites excluding steroid dienone is 10. The smallest absolute Gasteiger partial charge is 0.334 e. The fourth-order valence-electron chi connectivity index (χ4n) is 23.2. The van der Waals surface area contributed by atoms with Crippen molar-refractivity contribution in [2.75, 3.05) is 92.5 Å². The maximum Gasteiger partial charge on any atom is 0.334 e. The molecular formula is C116H128O32. The molecule has 2 aromatic rings. The van der Waals surface area contributed by atoms with Crippen LogP contribution in [0, 0.1) is 118 Å². The third-order valence-electron chi connectivity index (χ3n) is 30.4. The zero-order valence-corrected chi connectivity index (χ0v) is 83.7. The van der Waals surface area contributed by atoms with Crippen LogP contribution in [0.25, 0.3) is 12.2 Å². The minimum atomic E-state index is -1.15. The van der Waals surface area contributed by atoms with Crippen molar-refractivity contribution in [3.63, 3.8) is 0 Å². The Balaban J connectivity index is 0.000000140. The maximum absolute atomic E-state index is 12.8. The second-order valence-corrected chi connectivity index (χ2v) is 40.6. The van der Waals surface area contributed by atoms with Crippen molar-refractivity contribution in [1.29, 1.82) is 0 Å². The highest BCUT2D eigenvalue weighted by molar-refractivity contribution is 5.97. The van der Waals surface area contributed by atoms with Gasteiger partial charge in [0.1, 0.15) is 117 Å². The van der Waals surface area contributed by atoms with Gasteiger partial charge >= 0.3 is 83.6 Å². The van der Waals surface area contributed by atoms with E-state index in [1.807, 2.05) is 85.0 Å². The minimum absolute atomic E-state index is 0.0214. The summed E-state index contributed by atoms with van der Waals surface area (Å²) in [5.41, 5.74) is 11.8. The number of benzene rings is 2. The van der Waals surface area contributed by atoms with Gasteiger partial charge in [0.15, 0.2) is 0 Å². The van der Waals surface area contributed by atoms with Crippen LogP contribution in [-0.2, 0) is 156 Å². The van der Waals surface area contributed by atoms with Crippen molar-refractivity contribution >= 4 is 95.7 Å². The standard InChI is InChI=1S/C30H28O4.C26H32O10.C24H28O8.C18H20O6.C18H20O4/c1-3-19-5-9-21(10-6-19)17-33-29(31)24-15-25-23-13-27(26(25)16-24)28(14-23)30(32)34-18-22-11-7-20(4-2)8-12-22;1-13(2)23(29)33-9-17(27)11-35-25(31)16-7-19-15-5-21(20(19)8-16)22(6-15)26(32)36-12-18(28)10-34-24(30)14(3)4;1-13(2)21(25)29-5-7-31-23(27)16-11-17-15-9-19(18(17)12-16)20(10-15)24(28)32-8-6-30-22(26)14(3)4;19-17(23-7-11-5-21-11)10-3-13-9-1-15(14(13)4-10)16(2-9)18(20)24-8-12-6-22-12;1-3-5-21-17(19)12-9-13-11-7-15(14(13)10-12)16(8-11)18(20)22-6-4-2/h3-12,14-15,23,25-27H,1-2,13,16-18H2;6-7,15,17-21,27-28H,1,3,5,8-12H2,2,4H3;10-11,15,17-19H,1,3,5-9,12H2,2,4H3;2-3,9,11-15H,1,4-8H2;3-4,8-9,11,13-15H,1-2,5-7,10H2. The van der Waals surface area contributed by atoms with Gasteiger partial charge in [-0.15, -0.1) is 0 Å². The Morgan fingerprint density at radius 1 is 0.311 bits per heavy atom. The number of aliphatic hydroxyl groups excluding tert-OH is 2. The first-order valence-electron chi connectivity index (χ1n) is 50.4. The van der Waals surface area contributed by atoms with E-state index in [0.717, 1.165) is 87.8 Å². The van der Waals surface area contributed by atoms with E-state index in [4.69, 9.17) is 75.8 Å². The van der Waals surface area contributed by atoms with Crippen LogP contribution < -0.4 is 0 Å². The van der Waals surface area contributed by atoms with Gasteiger partial charge < -0.3 is 86.0 Å². The van der Waals surface area contributed by atoms with Crippen LogP contribution >= 0.6 is 0 Å². The summed E-state index contributed by atoms with van der Waals surface area (Å²) in [5, 5.41) is 19.8. The van der Waals surface area contributed by atoms with Crippen molar-refractivity contribution in [3.8, 4) is 0 Å². The second kappa shape index (κ2) is 48.9. The average Bonchev–Trinajstić information content (AvgIpc) is 1.61. The van der Waals surface area contributed by atoms with Gasteiger partial charge in [-0.2, -0.15) is 0 Å². The van der Waals surface area contributed by atoms with Crippen molar-refractivity contribution < 1.29 is 153 Å². The van der Waals surface area contributed by atoms with Crippen LogP contribution in [0.5, 0.6) is 0 Å². The van der Waals surface area contributed by atoms with Crippen molar-refractivity contribution in [2.24, 2.45) is 118 Å². The number of carbonyl (C=O) groups is 14. The number of epoxide rings is 2. The SMILES string of the molecule is C=C(C)C(=O)OCC(O)COC(=O)C1=CC2C3C=C(C(=O)OCC(O)COC(=O)C(=C)C)C(C3)C2C1.C=C(C)C(=O)OCCOC(=O)C1=CC2C3C=C(C(=O)OCCOC(=O)C(=C)C)C(C3)C2C1.C=CCOC(=O)C1=CC2C3C=C(C(=O)OCC=C)C(C3)C2C1.C=Cc1ccc(COC(=O)C2=CC3C4C=C(C(=O)OCc5ccc(C=C)cc5)C(C4)C3C2)cc1.O=C(OCC1CO1)C1=CC2C3C=C(C(=O)OCC4CO4)C(C3)C2C1. The van der Waals surface area contributed by atoms with E-state index in [1.54, 1.807) is 38.2 Å². The largest absolute Gasteiger partial charge is 0.459 e. The van der Waals surface area contributed by atoms with Gasteiger partial charge in [-0.1, -0.05) is 186 Å². The van der Waals surface area contributed by atoms with Gasteiger partial charge in [-0.05, 0) is 233 Å². The summed E-state index contributed by atoms with van der Waals surface area (Å²) in [6.45, 7) is 36.2. The van der Waals surface area contributed by atoms with Crippen LogP contribution in [0.15, 0.2) is 252 Å². The molecule has 10 bridgehead atoms. The van der Waals surface area contributed by atoms with Crippen LogP contribution in [0.1, 0.15) is 114 Å². The second-order valence-electron chi connectivity index (χ2n) is 40.6. The third-order valence-corrected chi connectivity index (χ3v) is 30.4. The number of esters is 14. The summed E-state index contributed by atoms with van der Waals surface area (Å²) in [5.74, 6) is -1.36. The zero-order valence-electron chi connectivity index (χ0n) is 83.7. The predicted molar refractivity (Wildman–Crippen MR) is 532 cm³/mol. The average molecular weight is 2030 g/mol. The Morgan fingerprint density at radius 3 is 0.865 bits per heavy atom. The highest BCUT2D eigenvalue weighted by Crippen LogP contribution is 2.63. The monoisotopic (exact) mass is 2030 g/mol. The normalized spacial score (nSPS) is 28.2. The van der Waals surface area contributed by atoms with Crippen molar-refractivity contribution in [2.45, 2.75) is 130 Å². The molecule has 2 aliphatic heterocycles. The first-order valence-corrected chi connectivity index (χ1v) is 50.4. The quantitative estimate of drug-likeness (QED) is 0.0156. The van der Waals surface area contributed by atoms with E-state index in [-0.39, 0.29) is 221 Å². The number of ether oxygens (including phenoxy) is 16. The van der Waals surface area contributed by atoms with E-state index in [0.29, 0.717) is 128 Å². The lowest BCUT2D eigenvalue weighted by Gasteiger charge is -2.24. The molecule has 32 heteroatoms. The number of fused-ring (bicyclic) bond motifs is 25. The van der Waals surface area contributed by atoms with Crippen molar-refractivity contribution in [3.05, 3.63) is 274 Å². The zero-order chi connectivity index (χ0) is 106. The van der Waals surface area contributed by atoms with E-state index in [2.05, 4.69) is 76.9 Å². The molecule has 17 aliphatic rings. The lowest BCUT2D eigenvalue weighted by Crippen LogP contribution is -2.28. The van der Waals surface area contributed by atoms with Crippen LogP contribution in [0.2, 0.25) is 0 Å². The van der Waals surface area contributed by atoms with Crippen LogP contribution in [0.4, 0.5) is 0 Å². The molecule has 15 aliphatic carbocycles. The lowest BCUT2D eigenvalue weighted by molar-refractivity contribution is -0.149. The molecule has 32 nitrogen and oxygen atoms in total. The van der Waals surface area contributed by atoms with Gasteiger partial charge in [0.2, 0.25) is 0 Å². The molecule has 7 fully saturated rings. The molecule has 0 amide bonds. The number of rotatable bonds is 42. The Morgan fingerprint density at radius 2 is 0.547 bits per heavy atom. The fourth-order valence-corrected chi connectivity index (χ4v) is 23.2. The highest BCUT2D eigenvalue weighted by atomic mass is 16.6. The van der Waals surface area contributed by atoms with Crippen molar-refractivity contribution in [1.82, 2.24) is 0 Å². The van der Waals surface area contributed by atoms with E-state index < -0.39 is 60.0 Å². The minimum Gasteiger partial charge on any atom is -0.459 e. The molecule has 19 rings (SSSR count). The third kappa shape index (κ3) is 26.3. The summed E-state index contributed by atoms with van der Waals surface area (Å²) in [7, 11) is 0. The summed E-state index contributed by atoms with van der Waals surface area (Å²) in [4.78, 5) is 169. The molecule has 24 unspecified atom stereocenters. The molecule has 5 saturated carbocycles. The summed E-state index contributed by atoms with van der Waals surface area (Å²) in [6, 6.07) is 15.6. The Hall–Kier alpha value is -13.8. The van der Waals surface area contributed by atoms with Crippen LogP contribution in [-0.4, -0.2) is 211 Å². The fraction of sp³-hybridized carbons (Fsp3) is 0.466. The van der Waals surface area contributed by atoms with Gasteiger partial charge in [0, 0.05) is 78.0 Å². The topological polar surface area (TPSA) is 434 Å². The molecule has 2 aromatic carbocycles. The van der Waals surface area contributed by atoms with Gasteiger partial charge in [-0.3, -0.25) is 0 Å². The predicted octanol–water partition coefficient (Wildman–Crippen LogP) is 13.1. The summed E-state index contributed by atoms with van der Waals surface area (Å²) in [6.07, 6.45) is 32.2. The Bertz CT molecular complexity index is 5960. The van der Waals surface area contributed by atoms with Gasteiger partial charge in [0.25, 0.3) is 0 Å². The van der Waals surface area contributed by atoms with E-state index >= 15 is 0 Å². The highest BCUT2D eigenvalue weighted by Gasteiger charge is 2.58. The van der Waals surface area contributed by atoms with E-state index in [9.17, 15) is 77.3 Å².